The molecule has 1 N–H and O–H groups in total. The van der Waals surface area contributed by atoms with E-state index in [-0.39, 0.29) is 0 Å². The predicted molar refractivity (Wildman–Crippen MR) is 55.2 cm³/mol. The molecule has 1 aromatic rings. The molecule has 4 heteroatoms. The van der Waals surface area contributed by atoms with Crippen LogP contribution in [0, 0.1) is 0 Å². The van der Waals surface area contributed by atoms with E-state index in [4.69, 9.17) is 0 Å². The van der Waals surface area contributed by atoms with Crippen LogP contribution in [0.5, 0.6) is 0 Å². The molecule has 78 valence electrons. The Bertz CT molecular complexity index is 292. The van der Waals surface area contributed by atoms with Crippen molar-refractivity contribution < 1.29 is 0 Å². The first-order valence-electron chi connectivity index (χ1n) is 5.47. The van der Waals surface area contributed by atoms with Gasteiger partial charge in [0.05, 0.1) is 0 Å². The van der Waals surface area contributed by atoms with E-state index in [0.717, 1.165) is 31.8 Å². The molecular weight excluding hydrogens is 176 g/mol. The fourth-order valence-corrected chi connectivity index (χ4v) is 1.97. The molecule has 0 fully saturated rings. The van der Waals surface area contributed by atoms with Gasteiger partial charge in [0.15, 0.2) is 0 Å². The number of nitrogens with one attached hydrogen (secondary N) is 1. The zero-order chi connectivity index (χ0) is 9.80. The summed E-state index contributed by atoms with van der Waals surface area (Å²) < 4.78 is 2.31. The molecule has 0 amide bonds. The molecule has 2 rings (SSSR count). The van der Waals surface area contributed by atoms with Crippen LogP contribution in [0.3, 0.4) is 0 Å². The molecule has 0 saturated heterocycles. The Morgan fingerprint density at radius 1 is 1.29 bits per heavy atom. The lowest BCUT2D eigenvalue weighted by Crippen LogP contribution is -2.14. The molecule has 0 spiro atoms. The van der Waals surface area contributed by atoms with E-state index in [1.807, 2.05) is 7.05 Å². The summed E-state index contributed by atoms with van der Waals surface area (Å²) in [5.41, 5.74) is 0. The maximum atomic E-state index is 4.25. The van der Waals surface area contributed by atoms with Gasteiger partial charge in [-0.1, -0.05) is 6.42 Å². The molecular formula is C10H18N4. The van der Waals surface area contributed by atoms with E-state index in [9.17, 15) is 0 Å². The lowest BCUT2D eigenvalue weighted by atomic mass is 10.2. The summed E-state index contributed by atoms with van der Waals surface area (Å²) in [5.74, 6) is 2.34. The SMILES string of the molecule is CNCCc1nnc2n1CCCCC2. The number of fused-ring (bicyclic) bond motifs is 1. The molecule has 1 aliphatic rings. The van der Waals surface area contributed by atoms with Gasteiger partial charge >= 0.3 is 0 Å². The maximum Gasteiger partial charge on any atom is 0.134 e. The Morgan fingerprint density at radius 2 is 2.21 bits per heavy atom. The van der Waals surface area contributed by atoms with Gasteiger partial charge in [-0.25, -0.2) is 0 Å². The number of aryl methyl sites for hydroxylation is 1. The van der Waals surface area contributed by atoms with Crippen molar-refractivity contribution >= 4 is 0 Å². The molecule has 1 aliphatic heterocycles. The van der Waals surface area contributed by atoms with Crippen LogP contribution in [0.1, 0.15) is 30.9 Å². The molecule has 0 aromatic carbocycles. The Morgan fingerprint density at radius 3 is 3.07 bits per heavy atom. The first-order chi connectivity index (χ1) is 6.92. The van der Waals surface area contributed by atoms with Crippen LogP contribution in [0.4, 0.5) is 0 Å². The van der Waals surface area contributed by atoms with Gasteiger partial charge < -0.3 is 9.88 Å². The maximum absolute atomic E-state index is 4.25. The van der Waals surface area contributed by atoms with Crippen molar-refractivity contribution in [3.05, 3.63) is 11.6 Å². The molecule has 0 radical (unpaired) electrons. The van der Waals surface area contributed by atoms with Crippen molar-refractivity contribution in [3.8, 4) is 0 Å². The largest absolute Gasteiger partial charge is 0.319 e. The molecule has 0 unspecified atom stereocenters. The third-order valence-electron chi connectivity index (χ3n) is 2.78. The summed E-state index contributed by atoms with van der Waals surface area (Å²) in [6.07, 6.45) is 5.96. The van der Waals surface area contributed by atoms with Crippen molar-refractivity contribution in [2.75, 3.05) is 13.6 Å². The molecule has 14 heavy (non-hydrogen) atoms. The minimum Gasteiger partial charge on any atom is -0.319 e. The molecule has 1 aromatic heterocycles. The fourth-order valence-electron chi connectivity index (χ4n) is 1.97. The number of likely N-dealkylation sites (N-methyl/N-ethyl adjacent to an activating group) is 1. The predicted octanol–water partition coefficient (Wildman–Crippen LogP) is 0.766. The number of hydrogen-bond donors (Lipinski definition) is 1. The van der Waals surface area contributed by atoms with Gasteiger partial charge in [0.2, 0.25) is 0 Å². The Labute approximate surface area is 84.7 Å². The van der Waals surface area contributed by atoms with Crippen LogP contribution >= 0.6 is 0 Å². The van der Waals surface area contributed by atoms with Gasteiger partial charge in [0, 0.05) is 25.9 Å². The first-order valence-corrected chi connectivity index (χ1v) is 5.47. The van der Waals surface area contributed by atoms with E-state index in [1.54, 1.807) is 0 Å². The fraction of sp³-hybridized carbons (Fsp3) is 0.800. The highest BCUT2D eigenvalue weighted by Crippen LogP contribution is 2.14. The van der Waals surface area contributed by atoms with E-state index in [1.165, 1.54) is 25.1 Å². The Hall–Kier alpha value is -0.900. The van der Waals surface area contributed by atoms with Crippen molar-refractivity contribution in [2.45, 2.75) is 38.6 Å². The van der Waals surface area contributed by atoms with E-state index in [0.29, 0.717) is 0 Å². The zero-order valence-corrected chi connectivity index (χ0v) is 8.79. The van der Waals surface area contributed by atoms with Gasteiger partial charge in [-0.15, -0.1) is 10.2 Å². The number of hydrogen-bond acceptors (Lipinski definition) is 3. The monoisotopic (exact) mass is 194 g/mol. The van der Waals surface area contributed by atoms with Gasteiger partial charge in [-0.2, -0.15) is 0 Å². The lowest BCUT2D eigenvalue weighted by Gasteiger charge is -2.05. The summed E-state index contributed by atoms with van der Waals surface area (Å²) in [6.45, 7) is 2.10. The van der Waals surface area contributed by atoms with Crippen LogP contribution < -0.4 is 5.32 Å². The van der Waals surface area contributed by atoms with Gasteiger partial charge in [0.1, 0.15) is 11.6 Å². The summed E-state index contributed by atoms with van der Waals surface area (Å²) in [7, 11) is 1.97. The third-order valence-corrected chi connectivity index (χ3v) is 2.78. The second kappa shape index (κ2) is 4.55. The smallest absolute Gasteiger partial charge is 0.134 e. The zero-order valence-electron chi connectivity index (χ0n) is 8.79. The molecule has 0 aliphatic carbocycles. The third kappa shape index (κ3) is 1.95. The first kappa shape index (κ1) is 9.65. The molecule has 4 nitrogen and oxygen atoms in total. The average Bonchev–Trinajstić information content (AvgIpc) is 2.45. The van der Waals surface area contributed by atoms with Crippen molar-refractivity contribution in [1.29, 1.82) is 0 Å². The van der Waals surface area contributed by atoms with Crippen LogP contribution in [-0.4, -0.2) is 28.4 Å². The second-order valence-electron chi connectivity index (χ2n) is 3.85. The number of aromatic nitrogens is 3. The molecule has 0 saturated carbocycles. The van der Waals surface area contributed by atoms with Gasteiger partial charge in [-0.3, -0.25) is 0 Å². The second-order valence-corrected chi connectivity index (χ2v) is 3.85. The van der Waals surface area contributed by atoms with Crippen molar-refractivity contribution in [2.24, 2.45) is 0 Å². The topological polar surface area (TPSA) is 42.7 Å². The lowest BCUT2D eigenvalue weighted by molar-refractivity contribution is 0.597. The summed E-state index contributed by atoms with van der Waals surface area (Å²) >= 11 is 0. The molecule has 0 atom stereocenters. The summed E-state index contributed by atoms with van der Waals surface area (Å²) in [6, 6.07) is 0. The quantitative estimate of drug-likeness (QED) is 0.772. The standard InChI is InChI=1S/C10H18N4/c1-11-7-6-10-13-12-9-5-3-2-4-8-14(9)10/h11H,2-8H2,1H3. The number of nitrogens with zero attached hydrogens (tertiary/aromatic N) is 3. The van der Waals surface area contributed by atoms with Gasteiger partial charge in [-0.05, 0) is 19.9 Å². The number of rotatable bonds is 3. The van der Waals surface area contributed by atoms with E-state index in [2.05, 4.69) is 20.1 Å². The Kier molecular flexibility index (Phi) is 3.14. The van der Waals surface area contributed by atoms with Gasteiger partial charge in [0.25, 0.3) is 0 Å². The summed E-state index contributed by atoms with van der Waals surface area (Å²) in [5, 5.41) is 11.7. The Balaban J connectivity index is 2.12. The van der Waals surface area contributed by atoms with Crippen LogP contribution in [0.15, 0.2) is 0 Å². The highest BCUT2D eigenvalue weighted by molar-refractivity contribution is 4.98. The summed E-state index contributed by atoms with van der Waals surface area (Å²) in [4.78, 5) is 0. The van der Waals surface area contributed by atoms with E-state index >= 15 is 0 Å². The highest BCUT2D eigenvalue weighted by atomic mass is 15.3. The van der Waals surface area contributed by atoms with Crippen LogP contribution in [0.2, 0.25) is 0 Å². The molecule has 2 heterocycles. The van der Waals surface area contributed by atoms with E-state index < -0.39 is 0 Å². The minimum atomic E-state index is 0.984. The van der Waals surface area contributed by atoms with Crippen LogP contribution in [-0.2, 0) is 19.4 Å². The normalized spacial score (nSPS) is 16.4. The van der Waals surface area contributed by atoms with Crippen LogP contribution in [0.25, 0.3) is 0 Å². The van der Waals surface area contributed by atoms with Crippen molar-refractivity contribution in [3.63, 3.8) is 0 Å². The highest BCUT2D eigenvalue weighted by Gasteiger charge is 2.13. The average molecular weight is 194 g/mol. The molecule has 0 bridgehead atoms. The van der Waals surface area contributed by atoms with Crippen molar-refractivity contribution in [1.82, 2.24) is 20.1 Å². The minimum absolute atomic E-state index is 0.984.